The summed E-state index contributed by atoms with van der Waals surface area (Å²) in [6, 6.07) is 6.05. The van der Waals surface area contributed by atoms with E-state index in [9.17, 15) is 14.0 Å². The highest BCUT2D eigenvalue weighted by Gasteiger charge is 2.34. The van der Waals surface area contributed by atoms with Crippen LogP contribution in [0.2, 0.25) is 0 Å². The zero-order valence-electron chi connectivity index (χ0n) is 20.3. The van der Waals surface area contributed by atoms with E-state index >= 15 is 0 Å². The molecule has 1 atom stereocenters. The molecule has 1 aliphatic heterocycles. The van der Waals surface area contributed by atoms with Crippen molar-refractivity contribution >= 4 is 23.4 Å². The van der Waals surface area contributed by atoms with Crippen LogP contribution in [0.15, 0.2) is 36.0 Å². The van der Waals surface area contributed by atoms with Gasteiger partial charge in [0.2, 0.25) is 0 Å². The molecular formula is C25H29FN4O4S. The number of hydrogen-bond donors (Lipinski definition) is 0. The molecule has 10 heteroatoms. The zero-order chi connectivity index (χ0) is 25.2. The molecule has 0 radical (unpaired) electrons. The van der Waals surface area contributed by atoms with Crippen LogP contribution in [0.4, 0.5) is 9.18 Å². The molecule has 2 aromatic heterocycles. The molecule has 186 valence electrons. The van der Waals surface area contributed by atoms with Crippen LogP contribution in [0.25, 0.3) is 22.0 Å². The van der Waals surface area contributed by atoms with Gasteiger partial charge in [-0.05, 0) is 71.2 Å². The lowest BCUT2D eigenvalue weighted by molar-refractivity contribution is -0.000903. The van der Waals surface area contributed by atoms with Gasteiger partial charge >= 0.3 is 12.1 Å². The van der Waals surface area contributed by atoms with Gasteiger partial charge in [-0.25, -0.2) is 23.9 Å². The molecule has 3 heterocycles. The highest BCUT2D eigenvalue weighted by Crippen LogP contribution is 2.38. The maximum atomic E-state index is 13.6. The number of imidazole rings is 1. The van der Waals surface area contributed by atoms with Gasteiger partial charge in [0.1, 0.15) is 28.3 Å². The molecule has 1 saturated heterocycles. The van der Waals surface area contributed by atoms with E-state index in [2.05, 4.69) is 9.97 Å². The van der Waals surface area contributed by atoms with Crippen molar-refractivity contribution in [3.8, 4) is 22.0 Å². The highest BCUT2D eigenvalue weighted by molar-refractivity contribution is 7.13. The minimum atomic E-state index is -0.625. The molecule has 0 bridgehead atoms. The summed E-state index contributed by atoms with van der Waals surface area (Å²) in [6.07, 6.45) is 3.45. The Morgan fingerprint density at radius 2 is 1.94 bits per heavy atom. The number of carbonyl (C=O) groups is 2. The lowest BCUT2D eigenvalue weighted by atomic mass is 10.1. The third kappa shape index (κ3) is 5.53. The molecule has 0 N–H and O–H groups in total. The minimum Gasteiger partial charge on any atom is -0.461 e. The van der Waals surface area contributed by atoms with Crippen LogP contribution in [0.1, 0.15) is 63.6 Å². The van der Waals surface area contributed by atoms with Crippen molar-refractivity contribution in [1.82, 2.24) is 19.4 Å². The average molecular weight is 501 g/mol. The summed E-state index contributed by atoms with van der Waals surface area (Å²) in [6.45, 7) is 8.05. The molecule has 1 amide bonds. The second-order valence-electron chi connectivity index (χ2n) is 9.26. The van der Waals surface area contributed by atoms with Crippen LogP contribution in [0, 0.1) is 5.82 Å². The fourth-order valence-electron chi connectivity index (χ4n) is 4.04. The summed E-state index contributed by atoms with van der Waals surface area (Å²) in [5.41, 5.74) is 1.52. The van der Waals surface area contributed by atoms with Crippen molar-refractivity contribution in [2.24, 2.45) is 0 Å². The normalized spacial score (nSPS) is 16.3. The number of benzene rings is 1. The van der Waals surface area contributed by atoms with Crippen molar-refractivity contribution in [3.63, 3.8) is 0 Å². The number of aromatic nitrogens is 3. The quantitative estimate of drug-likeness (QED) is 0.405. The molecule has 1 fully saturated rings. The van der Waals surface area contributed by atoms with Gasteiger partial charge in [-0.15, -0.1) is 11.3 Å². The van der Waals surface area contributed by atoms with Gasteiger partial charge in [0.15, 0.2) is 5.69 Å². The number of thiazole rings is 1. The van der Waals surface area contributed by atoms with Gasteiger partial charge in [0, 0.05) is 17.5 Å². The Hall–Kier alpha value is -3.27. The molecule has 1 aromatic carbocycles. The summed E-state index contributed by atoms with van der Waals surface area (Å²) >= 11 is 1.29. The van der Waals surface area contributed by atoms with E-state index in [1.54, 1.807) is 35.7 Å². The van der Waals surface area contributed by atoms with Crippen LogP contribution in [-0.2, 0) is 9.47 Å². The van der Waals surface area contributed by atoms with Gasteiger partial charge in [0.25, 0.3) is 0 Å². The molecular weight excluding hydrogens is 471 g/mol. The predicted octanol–water partition coefficient (Wildman–Crippen LogP) is 5.91. The van der Waals surface area contributed by atoms with Crippen molar-refractivity contribution in [3.05, 3.63) is 47.5 Å². The number of amides is 1. The Labute approximate surface area is 207 Å². The molecule has 3 aromatic rings. The van der Waals surface area contributed by atoms with Crippen LogP contribution in [0.3, 0.4) is 0 Å². The van der Waals surface area contributed by atoms with Gasteiger partial charge in [-0.1, -0.05) is 0 Å². The third-order valence-corrected chi connectivity index (χ3v) is 6.37. The van der Waals surface area contributed by atoms with Gasteiger partial charge in [-0.3, -0.25) is 4.90 Å². The Morgan fingerprint density at radius 1 is 1.20 bits per heavy atom. The first-order valence-corrected chi connectivity index (χ1v) is 12.5. The highest BCUT2D eigenvalue weighted by atomic mass is 32.1. The van der Waals surface area contributed by atoms with Crippen molar-refractivity contribution in [2.75, 3.05) is 13.2 Å². The van der Waals surface area contributed by atoms with E-state index in [0.717, 1.165) is 12.8 Å². The molecule has 1 unspecified atom stereocenters. The Balaban J connectivity index is 1.80. The number of nitrogens with zero attached hydrogens (tertiary/aromatic N) is 4. The van der Waals surface area contributed by atoms with Crippen molar-refractivity contribution in [2.45, 2.75) is 58.7 Å². The van der Waals surface area contributed by atoms with Crippen molar-refractivity contribution in [1.29, 1.82) is 0 Å². The fraction of sp³-hybridized carbons (Fsp3) is 0.440. The van der Waals surface area contributed by atoms with Gasteiger partial charge in [0.05, 0.1) is 18.6 Å². The lowest BCUT2D eigenvalue weighted by Crippen LogP contribution is -2.44. The van der Waals surface area contributed by atoms with E-state index in [-0.39, 0.29) is 24.3 Å². The number of halogens is 1. The van der Waals surface area contributed by atoms with Crippen molar-refractivity contribution < 1.29 is 23.5 Å². The van der Waals surface area contributed by atoms with E-state index in [0.29, 0.717) is 34.9 Å². The Kier molecular flexibility index (Phi) is 7.20. The molecule has 35 heavy (non-hydrogen) atoms. The third-order valence-electron chi connectivity index (χ3n) is 5.52. The first kappa shape index (κ1) is 24.8. The monoisotopic (exact) mass is 500 g/mol. The van der Waals surface area contributed by atoms with Gasteiger partial charge < -0.3 is 14.0 Å². The number of piperidine rings is 1. The van der Waals surface area contributed by atoms with Crippen LogP contribution >= 0.6 is 11.3 Å². The molecule has 0 aliphatic carbocycles. The summed E-state index contributed by atoms with van der Waals surface area (Å²) in [5, 5.41) is 2.20. The second-order valence-corrected chi connectivity index (χ2v) is 10.1. The first-order chi connectivity index (χ1) is 16.7. The van der Waals surface area contributed by atoms with E-state index in [4.69, 9.17) is 9.47 Å². The maximum Gasteiger partial charge on any atom is 0.411 e. The molecule has 0 saturated carbocycles. The minimum absolute atomic E-state index is 0.206. The Bertz CT molecular complexity index is 1200. The molecule has 0 spiro atoms. The first-order valence-electron chi connectivity index (χ1n) is 11.6. The smallest absolute Gasteiger partial charge is 0.411 e. The number of ether oxygens (including phenoxy) is 2. The largest absolute Gasteiger partial charge is 0.461 e. The number of hydrogen-bond acceptors (Lipinski definition) is 7. The standard InChI is InChI=1S/C25H29FN4O4S/c1-5-33-23(31)18-14-35-22(28-18)21-20(16-9-11-17(26)12-10-16)27-15-30(21)19-8-6-7-13-29(19)24(32)34-25(2,3)4/h9-12,14-15,19H,5-8,13H2,1-4H3. The van der Waals surface area contributed by atoms with Crippen LogP contribution in [-0.4, -0.2) is 50.3 Å². The van der Waals surface area contributed by atoms with Gasteiger partial charge in [-0.2, -0.15) is 0 Å². The molecule has 8 nitrogen and oxygen atoms in total. The maximum absolute atomic E-state index is 13.6. The van der Waals surface area contributed by atoms with E-state index in [1.165, 1.54) is 23.5 Å². The summed E-state index contributed by atoms with van der Waals surface area (Å²) in [5.74, 6) is -0.852. The SMILES string of the molecule is CCOC(=O)c1csc(-c2c(-c3ccc(F)cc3)ncn2C2CCCCN2C(=O)OC(C)(C)C)n1. The number of likely N-dealkylation sites (tertiary alicyclic amines) is 1. The number of esters is 1. The van der Waals surface area contributed by atoms with Crippen LogP contribution < -0.4 is 0 Å². The number of rotatable bonds is 5. The summed E-state index contributed by atoms with van der Waals surface area (Å²) < 4.78 is 26.3. The lowest BCUT2D eigenvalue weighted by Gasteiger charge is -2.37. The van der Waals surface area contributed by atoms with E-state index in [1.807, 2.05) is 25.3 Å². The summed E-state index contributed by atoms with van der Waals surface area (Å²) in [7, 11) is 0. The topological polar surface area (TPSA) is 86.6 Å². The zero-order valence-corrected chi connectivity index (χ0v) is 21.1. The Morgan fingerprint density at radius 3 is 2.63 bits per heavy atom. The number of carbonyl (C=O) groups excluding carboxylic acids is 2. The predicted molar refractivity (Wildman–Crippen MR) is 131 cm³/mol. The fourth-order valence-corrected chi connectivity index (χ4v) is 4.87. The van der Waals surface area contributed by atoms with E-state index < -0.39 is 17.7 Å². The average Bonchev–Trinajstić information content (AvgIpc) is 3.46. The van der Waals surface area contributed by atoms with Crippen LogP contribution in [0.5, 0.6) is 0 Å². The second kappa shape index (κ2) is 10.2. The summed E-state index contributed by atoms with van der Waals surface area (Å²) in [4.78, 5) is 36.2. The molecule has 1 aliphatic rings. The molecule has 4 rings (SSSR count).